The molecule has 178 valence electrons. The summed E-state index contributed by atoms with van der Waals surface area (Å²) in [7, 11) is 1.74. The largest absolute Gasteiger partial charge is 0.478 e. The second-order valence-corrected chi connectivity index (χ2v) is 8.22. The first-order valence-electron chi connectivity index (χ1n) is 10.9. The minimum absolute atomic E-state index is 0.416. The Balaban J connectivity index is 0.000000350. The van der Waals surface area contributed by atoms with Gasteiger partial charge in [-0.25, -0.2) is 9.59 Å². The molecule has 0 aliphatic carbocycles. The zero-order valence-corrected chi connectivity index (χ0v) is 18.9. The lowest BCUT2D eigenvalue weighted by molar-refractivity contribution is -0.134. The average molecular weight is 465 g/mol. The van der Waals surface area contributed by atoms with E-state index in [1.165, 1.54) is 0 Å². The predicted molar refractivity (Wildman–Crippen MR) is 125 cm³/mol. The van der Waals surface area contributed by atoms with Gasteiger partial charge in [0, 0.05) is 55.2 Å². The van der Waals surface area contributed by atoms with Crippen molar-refractivity contribution in [2.75, 3.05) is 26.7 Å². The molecule has 34 heavy (non-hydrogen) atoms. The number of piperidine rings is 3. The number of aliphatic carboxylic acids is 2. The van der Waals surface area contributed by atoms with Crippen LogP contribution in [-0.4, -0.2) is 69.5 Å². The third-order valence-electron chi connectivity index (χ3n) is 6.16. The van der Waals surface area contributed by atoms with Crippen molar-refractivity contribution in [1.82, 2.24) is 9.88 Å². The number of carboxylic acids is 2. The maximum absolute atomic E-state index is 11.6. The van der Waals surface area contributed by atoms with E-state index in [0.717, 1.165) is 38.0 Å². The van der Waals surface area contributed by atoms with Crippen LogP contribution in [0.2, 0.25) is 0 Å². The van der Waals surface area contributed by atoms with E-state index in [0.29, 0.717) is 23.6 Å². The van der Waals surface area contributed by atoms with Crippen LogP contribution in [0.25, 0.3) is 0 Å². The molecule has 0 amide bonds. The molecule has 3 fully saturated rings. The molecule has 2 bridgehead atoms. The average Bonchev–Trinajstić information content (AvgIpc) is 2.88. The Morgan fingerprint density at radius 1 is 1.09 bits per heavy atom. The second kappa shape index (κ2) is 11.1. The first kappa shape index (κ1) is 25.1. The molecule has 0 spiro atoms. The molecule has 3 aliphatic rings. The molecule has 8 heteroatoms. The van der Waals surface area contributed by atoms with Crippen molar-refractivity contribution in [1.29, 1.82) is 0 Å². The van der Waals surface area contributed by atoms with Crippen molar-refractivity contribution >= 4 is 11.9 Å². The van der Waals surface area contributed by atoms with Gasteiger partial charge in [0.2, 0.25) is 0 Å². The molecule has 2 aromatic rings. The van der Waals surface area contributed by atoms with E-state index in [4.69, 9.17) is 14.9 Å². The van der Waals surface area contributed by atoms with Crippen molar-refractivity contribution in [3.63, 3.8) is 0 Å². The molecule has 4 heterocycles. The zero-order chi connectivity index (χ0) is 24.6. The van der Waals surface area contributed by atoms with Crippen LogP contribution in [0.5, 0.6) is 0 Å². The number of aliphatic hydroxyl groups is 1. The fraction of sp³-hybridized carbons (Fsp3) is 0.346. The molecule has 3 N–H and O–H groups in total. The van der Waals surface area contributed by atoms with Gasteiger partial charge in [0.25, 0.3) is 0 Å². The number of aromatic nitrogens is 1. The van der Waals surface area contributed by atoms with Crippen molar-refractivity contribution < 1.29 is 29.6 Å². The van der Waals surface area contributed by atoms with Gasteiger partial charge in [-0.2, -0.15) is 0 Å². The molecule has 0 unspecified atom stereocenters. The summed E-state index contributed by atoms with van der Waals surface area (Å²) in [6, 6.07) is 13.3. The summed E-state index contributed by atoms with van der Waals surface area (Å²) >= 11 is 0. The van der Waals surface area contributed by atoms with Gasteiger partial charge < -0.3 is 20.1 Å². The summed E-state index contributed by atoms with van der Waals surface area (Å²) in [5.74, 6) is 4.45. The topological polar surface area (TPSA) is 120 Å². The van der Waals surface area contributed by atoms with E-state index in [1.807, 2.05) is 42.5 Å². The monoisotopic (exact) mass is 464 g/mol. The van der Waals surface area contributed by atoms with Crippen LogP contribution in [0.4, 0.5) is 0 Å². The lowest BCUT2D eigenvalue weighted by atomic mass is 9.75. The first-order chi connectivity index (χ1) is 16.3. The number of carboxylic acid groups (broad SMARTS) is 2. The van der Waals surface area contributed by atoms with Crippen LogP contribution in [0.1, 0.15) is 24.0 Å². The number of nitrogens with zero attached hydrogens (tertiary/aromatic N) is 2. The lowest BCUT2D eigenvalue weighted by Crippen LogP contribution is -2.59. The second-order valence-electron chi connectivity index (χ2n) is 8.22. The Labute approximate surface area is 198 Å². The third kappa shape index (κ3) is 5.88. The first-order valence-corrected chi connectivity index (χ1v) is 10.9. The maximum Gasteiger partial charge on any atom is 0.328 e. The molecule has 0 radical (unpaired) electrons. The summed E-state index contributed by atoms with van der Waals surface area (Å²) in [6.07, 6.45) is 6.69. The lowest BCUT2D eigenvalue weighted by Gasteiger charge is -2.49. The van der Waals surface area contributed by atoms with Gasteiger partial charge in [0.1, 0.15) is 5.60 Å². The highest BCUT2D eigenvalue weighted by Gasteiger charge is 2.46. The molecular formula is C26H28N2O6. The van der Waals surface area contributed by atoms with Crippen LogP contribution in [0, 0.1) is 17.8 Å². The number of pyridine rings is 1. The van der Waals surface area contributed by atoms with Crippen molar-refractivity contribution in [3.05, 3.63) is 78.1 Å². The fourth-order valence-corrected chi connectivity index (χ4v) is 4.35. The van der Waals surface area contributed by atoms with Crippen LogP contribution < -0.4 is 0 Å². The molecule has 1 aromatic heterocycles. The van der Waals surface area contributed by atoms with Crippen LogP contribution in [-0.2, 0) is 19.9 Å². The normalized spacial score (nSPS) is 24.8. The summed E-state index contributed by atoms with van der Waals surface area (Å²) in [6.45, 7) is 3.03. The van der Waals surface area contributed by atoms with Gasteiger partial charge in [-0.3, -0.25) is 9.88 Å². The fourth-order valence-electron chi connectivity index (χ4n) is 4.35. The number of carbonyl (C=O) groups is 2. The Hall–Kier alpha value is -3.51. The van der Waals surface area contributed by atoms with Crippen LogP contribution in [0.3, 0.4) is 0 Å². The number of hydrogen-bond acceptors (Lipinski definition) is 6. The summed E-state index contributed by atoms with van der Waals surface area (Å²) in [5, 5.41) is 27.2. The highest BCUT2D eigenvalue weighted by molar-refractivity contribution is 5.89. The third-order valence-corrected chi connectivity index (χ3v) is 6.16. The molecule has 8 nitrogen and oxygen atoms in total. The van der Waals surface area contributed by atoms with Crippen molar-refractivity contribution in [3.8, 4) is 11.8 Å². The van der Waals surface area contributed by atoms with Crippen LogP contribution >= 0.6 is 0 Å². The van der Waals surface area contributed by atoms with Gasteiger partial charge in [-0.15, -0.1) is 0 Å². The maximum atomic E-state index is 11.6. The van der Waals surface area contributed by atoms with E-state index in [-0.39, 0.29) is 0 Å². The number of methoxy groups -OCH3 is 1. The molecule has 5 rings (SSSR count). The minimum Gasteiger partial charge on any atom is -0.478 e. The Kier molecular flexibility index (Phi) is 8.18. The minimum atomic E-state index is -1.41. The Morgan fingerprint density at radius 3 is 2.18 bits per heavy atom. The van der Waals surface area contributed by atoms with Crippen molar-refractivity contribution in [2.45, 2.75) is 24.0 Å². The zero-order valence-electron chi connectivity index (χ0n) is 18.9. The number of ether oxygens (including phenoxy) is 1. The summed E-state index contributed by atoms with van der Waals surface area (Å²) in [4.78, 5) is 25.7. The summed E-state index contributed by atoms with van der Waals surface area (Å²) < 4.78 is 5.94. The number of fused-ring (bicyclic) bond motifs is 3. The van der Waals surface area contributed by atoms with Crippen molar-refractivity contribution in [2.24, 2.45) is 5.92 Å². The molecule has 0 saturated carbocycles. The van der Waals surface area contributed by atoms with E-state index >= 15 is 0 Å². The molecule has 3 saturated heterocycles. The Bertz CT molecular complexity index is 1010. The highest BCUT2D eigenvalue weighted by Crippen LogP contribution is 2.38. The number of rotatable bonds is 5. The quantitative estimate of drug-likeness (QED) is 0.455. The van der Waals surface area contributed by atoms with Gasteiger partial charge in [-0.1, -0.05) is 48.2 Å². The highest BCUT2D eigenvalue weighted by atomic mass is 16.5. The van der Waals surface area contributed by atoms with E-state index in [1.54, 1.807) is 19.5 Å². The van der Waals surface area contributed by atoms with Gasteiger partial charge in [0.15, 0.2) is 5.60 Å². The Morgan fingerprint density at radius 2 is 1.71 bits per heavy atom. The number of hydrogen-bond donors (Lipinski definition) is 3. The smallest absolute Gasteiger partial charge is 0.328 e. The van der Waals surface area contributed by atoms with Gasteiger partial charge >= 0.3 is 11.9 Å². The summed E-state index contributed by atoms with van der Waals surface area (Å²) in [5.41, 5.74) is -0.506. The van der Waals surface area contributed by atoms with Gasteiger partial charge in [0.05, 0.1) is 0 Å². The molecule has 2 atom stereocenters. The molecular weight excluding hydrogens is 436 g/mol. The van der Waals surface area contributed by atoms with E-state index in [2.05, 4.69) is 21.7 Å². The van der Waals surface area contributed by atoms with Gasteiger partial charge in [-0.05, 0) is 32.0 Å². The van der Waals surface area contributed by atoms with E-state index in [9.17, 15) is 14.7 Å². The number of benzene rings is 1. The molecule has 3 aliphatic heterocycles. The van der Waals surface area contributed by atoms with Crippen LogP contribution in [0.15, 0.2) is 67.0 Å². The SMILES string of the molecule is CO[C@]1(C#C[C@](O)(c2ccccc2)c2cccnc2)CN2CCC1CC2.O=C(O)/C=C\C(=O)O. The van der Waals surface area contributed by atoms with E-state index < -0.39 is 23.1 Å². The molecule has 1 aromatic carbocycles. The predicted octanol–water partition coefficient (Wildman–Crippen LogP) is 2.14. The standard InChI is InChI=1S/C22H24N2O2.C4H4O4/c1-26-21(17-24-14-9-18(21)10-15-24)11-12-22(25,19-6-3-2-4-7-19)20-8-5-13-23-16-20;5-3(6)1-2-4(7)8/h2-8,13,16,18,25H,9-10,14-15,17H2,1H3;1-2H,(H,5,6)(H,7,8)/b;2-1-/t21-,22+;/m1./s1.